The molecular formula is C26H27ClN2O7. The van der Waals surface area contributed by atoms with Crippen molar-refractivity contribution in [3.8, 4) is 17.2 Å². The van der Waals surface area contributed by atoms with E-state index in [1.807, 2.05) is 18.2 Å². The molecule has 0 spiro atoms. The number of amides is 2. The van der Waals surface area contributed by atoms with Gasteiger partial charge in [0.1, 0.15) is 11.5 Å². The average molecular weight is 515 g/mol. The van der Waals surface area contributed by atoms with Crippen molar-refractivity contribution < 1.29 is 33.0 Å². The highest BCUT2D eigenvalue weighted by Gasteiger charge is 2.24. The molecule has 1 aliphatic heterocycles. The van der Waals surface area contributed by atoms with Crippen molar-refractivity contribution in [2.24, 2.45) is 0 Å². The number of furan rings is 1. The molecule has 0 saturated heterocycles. The quantitative estimate of drug-likeness (QED) is 0.363. The number of carbonyl (C=O) groups is 2. The molecule has 0 N–H and O–H groups in total. The normalized spacial score (nSPS) is 11.8. The van der Waals surface area contributed by atoms with Crippen molar-refractivity contribution >= 4 is 23.4 Å². The second-order valence-electron chi connectivity index (χ2n) is 8.07. The molecule has 1 aliphatic rings. The molecule has 0 fully saturated rings. The van der Waals surface area contributed by atoms with Gasteiger partial charge in [-0.2, -0.15) is 0 Å². The van der Waals surface area contributed by atoms with Crippen LogP contribution >= 0.6 is 11.6 Å². The third-order valence-electron chi connectivity index (χ3n) is 5.51. The van der Waals surface area contributed by atoms with Crippen molar-refractivity contribution in [2.45, 2.75) is 13.1 Å². The number of hydrogen-bond donors (Lipinski definition) is 0. The SMILES string of the molecule is COCCN(CC(=O)N(Cc1ccc2c(c1)OCO2)Cc1ccco1)C(=O)COc1ccc(Cl)cc1. The zero-order valence-electron chi connectivity index (χ0n) is 19.9. The summed E-state index contributed by atoms with van der Waals surface area (Å²) in [5, 5.41) is 0.570. The van der Waals surface area contributed by atoms with E-state index in [0.717, 1.165) is 5.56 Å². The van der Waals surface area contributed by atoms with E-state index >= 15 is 0 Å². The van der Waals surface area contributed by atoms with Gasteiger partial charge in [0.05, 0.1) is 26.0 Å². The summed E-state index contributed by atoms with van der Waals surface area (Å²) in [6.45, 7) is 0.862. The van der Waals surface area contributed by atoms with Crippen molar-refractivity contribution in [1.29, 1.82) is 0 Å². The number of ether oxygens (including phenoxy) is 4. The number of nitrogens with zero attached hydrogens (tertiary/aromatic N) is 2. The average Bonchev–Trinajstić information content (AvgIpc) is 3.57. The molecule has 0 bridgehead atoms. The Morgan fingerprint density at radius 3 is 2.53 bits per heavy atom. The van der Waals surface area contributed by atoms with Crippen molar-refractivity contribution in [3.63, 3.8) is 0 Å². The van der Waals surface area contributed by atoms with Crippen LogP contribution in [0.4, 0.5) is 0 Å². The number of hydrogen-bond acceptors (Lipinski definition) is 7. The van der Waals surface area contributed by atoms with E-state index in [1.54, 1.807) is 47.6 Å². The zero-order chi connectivity index (χ0) is 25.3. The van der Waals surface area contributed by atoms with Gasteiger partial charge in [0.15, 0.2) is 18.1 Å². The van der Waals surface area contributed by atoms with Crippen LogP contribution in [0.5, 0.6) is 17.2 Å². The number of benzene rings is 2. The largest absolute Gasteiger partial charge is 0.484 e. The highest BCUT2D eigenvalue weighted by Crippen LogP contribution is 2.33. The summed E-state index contributed by atoms with van der Waals surface area (Å²) >= 11 is 5.90. The predicted molar refractivity (Wildman–Crippen MR) is 131 cm³/mol. The summed E-state index contributed by atoms with van der Waals surface area (Å²) in [7, 11) is 1.54. The number of rotatable bonds is 12. The van der Waals surface area contributed by atoms with Gasteiger partial charge >= 0.3 is 0 Å². The first kappa shape index (κ1) is 25.4. The molecule has 0 unspecified atom stereocenters. The first-order valence-electron chi connectivity index (χ1n) is 11.4. The van der Waals surface area contributed by atoms with Gasteiger partial charge in [-0.15, -0.1) is 0 Å². The van der Waals surface area contributed by atoms with Crippen LogP contribution in [-0.4, -0.2) is 61.8 Å². The van der Waals surface area contributed by atoms with Crippen molar-refractivity contribution in [1.82, 2.24) is 9.80 Å². The van der Waals surface area contributed by atoms with Crippen LogP contribution in [0.1, 0.15) is 11.3 Å². The van der Waals surface area contributed by atoms with Crippen molar-refractivity contribution in [3.05, 3.63) is 77.2 Å². The molecule has 2 heterocycles. The number of fused-ring (bicyclic) bond motifs is 1. The van der Waals surface area contributed by atoms with Gasteiger partial charge in [-0.25, -0.2) is 0 Å². The Hall–Kier alpha value is -3.69. The molecule has 36 heavy (non-hydrogen) atoms. The van der Waals surface area contributed by atoms with Gasteiger partial charge in [0.25, 0.3) is 5.91 Å². The maximum Gasteiger partial charge on any atom is 0.261 e. The molecule has 0 radical (unpaired) electrons. The van der Waals surface area contributed by atoms with Gasteiger partial charge in [0.2, 0.25) is 12.7 Å². The van der Waals surface area contributed by atoms with Crippen LogP contribution in [0.15, 0.2) is 65.3 Å². The highest BCUT2D eigenvalue weighted by molar-refractivity contribution is 6.30. The van der Waals surface area contributed by atoms with Gasteiger partial charge in [-0.3, -0.25) is 9.59 Å². The Bertz CT molecular complexity index is 1150. The molecule has 10 heteroatoms. The van der Waals surface area contributed by atoms with Gasteiger partial charge in [0, 0.05) is 25.2 Å². The van der Waals surface area contributed by atoms with Crippen LogP contribution in [0, 0.1) is 0 Å². The van der Waals surface area contributed by atoms with Crippen molar-refractivity contribution in [2.75, 3.05) is 40.2 Å². The maximum absolute atomic E-state index is 13.4. The smallest absolute Gasteiger partial charge is 0.261 e. The fourth-order valence-electron chi connectivity index (χ4n) is 3.61. The fraction of sp³-hybridized carbons (Fsp3) is 0.308. The molecule has 2 aromatic carbocycles. The minimum atomic E-state index is -0.337. The molecule has 2 amide bonds. The topological polar surface area (TPSA) is 90.7 Å². The molecule has 0 saturated carbocycles. The molecule has 1 aromatic heterocycles. The Kier molecular flexibility index (Phi) is 8.70. The van der Waals surface area contributed by atoms with Gasteiger partial charge < -0.3 is 33.2 Å². The van der Waals surface area contributed by atoms with Crippen LogP contribution in [0.2, 0.25) is 5.02 Å². The van der Waals surface area contributed by atoms with E-state index in [4.69, 9.17) is 35.0 Å². The Morgan fingerprint density at radius 1 is 0.972 bits per heavy atom. The van der Waals surface area contributed by atoms with Crippen LogP contribution in [0.25, 0.3) is 0 Å². The lowest BCUT2D eigenvalue weighted by Gasteiger charge is -2.27. The van der Waals surface area contributed by atoms with Crippen LogP contribution < -0.4 is 14.2 Å². The van der Waals surface area contributed by atoms with Gasteiger partial charge in [-0.1, -0.05) is 17.7 Å². The van der Waals surface area contributed by atoms with E-state index in [1.165, 1.54) is 12.0 Å². The molecule has 9 nitrogen and oxygen atoms in total. The molecule has 0 atom stereocenters. The lowest BCUT2D eigenvalue weighted by Crippen LogP contribution is -2.45. The van der Waals surface area contributed by atoms with E-state index in [9.17, 15) is 9.59 Å². The second kappa shape index (κ2) is 12.3. The third-order valence-corrected chi connectivity index (χ3v) is 5.76. The second-order valence-corrected chi connectivity index (χ2v) is 8.50. The summed E-state index contributed by atoms with van der Waals surface area (Å²) < 4.78 is 27.1. The maximum atomic E-state index is 13.4. The molecule has 190 valence electrons. The fourth-order valence-corrected chi connectivity index (χ4v) is 3.73. The minimum absolute atomic E-state index is 0.141. The molecule has 4 rings (SSSR count). The Labute approximate surface area is 214 Å². The summed E-state index contributed by atoms with van der Waals surface area (Å²) in [5.41, 5.74) is 0.861. The summed E-state index contributed by atoms with van der Waals surface area (Å²) in [4.78, 5) is 29.4. The van der Waals surface area contributed by atoms with E-state index in [-0.39, 0.29) is 51.5 Å². The monoisotopic (exact) mass is 514 g/mol. The molecule has 3 aromatic rings. The Morgan fingerprint density at radius 2 is 1.78 bits per heavy atom. The highest BCUT2D eigenvalue weighted by atomic mass is 35.5. The van der Waals surface area contributed by atoms with Crippen LogP contribution in [0.3, 0.4) is 0 Å². The Balaban J connectivity index is 1.44. The van der Waals surface area contributed by atoms with Gasteiger partial charge in [-0.05, 0) is 54.1 Å². The van der Waals surface area contributed by atoms with E-state index < -0.39 is 0 Å². The predicted octanol–water partition coefficient (Wildman–Crippen LogP) is 3.74. The third kappa shape index (κ3) is 6.93. The first-order chi connectivity index (χ1) is 17.5. The molecule has 0 aliphatic carbocycles. The number of carbonyl (C=O) groups excluding carboxylic acids is 2. The standard InChI is InChI=1S/C26H27ClN2O7/c1-32-12-10-28(26(31)17-34-21-7-5-20(27)6-8-21)16-25(30)29(15-22-3-2-11-33-22)14-19-4-9-23-24(13-19)36-18-35-23/h2-9,11,13H,10,12,14-18H2,1H3. The number of methoxy groups -OCH3 is 1. The number of halogens is 1. The summed E-state index contributed by atoms with van der Waals surface area (Å²) in [6.07, 6.45) is 1.56. The zero-order valence-corrected chi connectivity index (χ0v) is 20.6. The summed E-state index contributed by atoms with van der Waals surface area (Å²) in [6, 6.07) is 15.8. The van der Waals surface area contributed by atoms with E-state index in [0.29, 0.717) is 34.6 Å². The lowest BCUT2D eigenvalue weighted by atomic mass is 10.2. The van der Waals surface area contributed by atoms with E-state index in [2.05, 4.69) is 0 Å². The first-order valence-corrected chi connectivity index (χ1v) is 11.7. The summed E-state index contributed by atoms with van der Waals surface area (Å²) in [5.74, 6) is 1.85. The molecular weight excluding hydrogens is 488 g/mol. The van der Waals surface area contributed by atoms with Crippen LogP contribution in [-0.2, 0) is 27.4 Å². The lowest BCUT2D eigenvalue weighted by molar-refractivity contribution is -0.143. The minimum Gasteiger partial charge on any atom is -0.484 e.